The van der Waals surface area contributed by atoms with Gasteiger partial charge in [0, 0.05) is 23.5 Å². The zero-order chi connectivity index (χ0) is 24.6. The van der Waals surface area contributed by atoms with E-state index < -0.39 is 5.54 Å². The van der Waals surface area contributed by atoms with E-state index in [1.54, 1.807) is 19.1 Å². The van der Waals surface area contributed by atoms with Gasteiger partial charge >= 0.3 is 0 Å². The van der Waals surface area contributed by atoms with Gasteiger partial charge < -0.3 is 24.3 Å². The lowest BCUT2D eigenvalue weighted by Crippen LogP contribution is -2.65. The Morgan fingerprint density at radius 1 is 1.09 bits per heavy atom. The van der Waals surface area contributed by atoms with Crippen LogP contribution in [0.1, 0.15) is 48.7 Å². The molecular formula is C28H33N3O4. The van der Waals surface area contributed by atoms with E-state index in [0.29, 0.717) is 25.2 Å². The second-order valence-corrected chi connectivity index (χ2v) is 9.79. The van der Waals surface area contributed by atoms with Crippen molar-refractivity contribution < 1.29 is 19.1 Å². The monoisotopic (exact) mass is 475 g/mol. The minimum absolute atomic E-state index is 0.0845. The maximum atomic E-state index is 13.9. The molecule has 3 aromatic rings. The van der Waals surface area contributed by atoms with E-state index >= 15 is 0 Å². The fourth-order valence-corrected chi connectivity index (χ4v) is 5.58. The number of hydrogen-bond donors (Lipinski definition) is 1. The van der Waals surface area contributed by atoms with Gasteiger partial charge in [-0.1, -0.05) is 31.0 Å². The number of benzene rings is 2. The lowest BCUT2D eigenvalue weighted by atomic mass is 9.93. The molecule has 2 aliphatic rings. The van der Waals surface area contributed by atoms with Crippen molar-refractivity contribution in [2.75, 3.05) is 20.8 Å². The smallest absolute Gasteiger partial charge is 0.271 e. The number of para-hydroxylation sites is 1. The van der Waals surface area contributed by atoms with Crippen molar-refractivity contribution in [1.82, 2.24) is 14.8 Å². The second kappa shape index (κ2) is 9.29. The van der Waals surface area contributed by atoms with Crippen molar-refractivity contribution in [1.29, 1.82) is 0 Å². The molecule has 0 spiro atoms. The highest BCUT2D eigenvalue weighted by atomic mass is 16.5. The van der Waals surface area contributed by atoms with Crippen molar-refractivity contribution in [2.45, 2.75) is 57.2 Å². The van der Waals surface area contributed by atoms with Crippen LogP contribution in [0.25, 0.3) is 10.9 Å². The molecule has 2 amide bonds. The van der Waals surface area contributed by atoms with Crippen LogP contribution < -0.4 is 14.8 Å². The van der Waals surface area contributed by atoms with Gasteiger partial charge in [0.1, 0.15) is 22.7 Å². The van der Waals surface area contributed by atoms with Gasteiger partial charge in [-0.25, -0.2) is 0 Å². The summed E-state index contributed by atoms with van der Waals surface area (Å²) in [4.78, 5) is 29.4. The fraction of sp³-hybridized carbons (Fsp3) is 0.429. The quantitative estimate of drug-likeness (QED) is 0.557. The number of rotatable bonds is 7. The van der Waals surface area contributed by atoms with Gasteiger partial charge in [0.2, 0.25) is 5.91 Å². The molecule has 2 heterocycles. The first-order chi connectivity index (χ1) is 16.9. The molecule has 0 unspecified atom stereocenters. The molecule has 0 bridgehead atoms. The third kappa shape index (κ3) is 4.13. The third-order valence-corrected chi connectivity index (χ3v) is 7.61. The lowest BCUT2D eigenvalue weighted by molar-refractivity contribution is -0.133. The number of amides is 2. The third-order valence-electron chi connectivity index (χ3n) is 7.61. The molecule has 184 valence electrons. The summed E-state index contributed by atoms with van der Waals surface area (Å²) in [6, 6.07) is 15.7. The van der Waals surface area contributed by atoms with E-state index in [1.807, 2.05) is 60.0 Å². The standard InChI is InChI=1S/C28H33N3O4/c1-28(27(33)29-21-9-5-6-10-21)18-30-23-11-7-4-8-19(23)17-24(30)26(32)31(28)15-14-20-16-22(34-2)12-13-25(20)35-3/h4,7-8,11-13,16-17,21H,5-6,9-10,14-15,18H2,1-3H3,(H,29,33)/t28-/m1/s1. The molecule has 1 aromatic heterocycles. The first kappa shape index (κ1) is 23.3. The molecule has 1 fully saturated rings. The molecule has 2 aromatic carbocycles. The van der Waals surface area contributed by atoms with E-state index in [-0.39, 0.29) is 17.9 Å². The maximum Gasteiger partial charge on any atom is 0.271 e. The summed E-state index contributed by atoms with van der Waals surface area (Å²) in [6.07, 6.45) is 4.79. The van der Waals surface area contributed by atoms with Crippen LogP contribution in [0.2, 0.25) is 0 Å². The average molecular weight is 476 g/mol. The normalized spacial score (nSPS) is 20.2. The van der Waals surface area contributed by atoms with Gasteiger partial charge in [0.25, 0.3) is 5.91 Å². The van der Waals surface area contributed by atoms with Crippen LogP contribution in [0.3, 0.4) is 0 Å². The van der Waals surface area contributed by atoms with Crippen molar-refractivity contribution in [3.63, 3.8) is 0 Å². The number of fused-ring (bicyclic) bond motifs is 3. The van der Waals surface area contributed by atoms with Gasteiger partial charge in [-0.05, 0) is 62.1 Å². The summed E-state index contributed by atoms with van der Waals surface area (Å²) in [6.45, 7) is 2.70. The van der Waals surface area contributed by atoms with Crippen LogP contribution >= 0.6 is 0 Å². The summed E-state index contributed by atoms with van der Waals surface area (Å²) in [5.41, 5.74) is 1.52. The molecule has 0 radical (unpaired) electrons. The topological polar surface area (TPSA) is 72.8 Å². The fourth-order valence-electron chi connectivity index (χ4n) is 5.58. The molecule has 7 nitrogen and oxygen atoms in total. The van der Waals surface area contributed by atoms with Crippen molar-refractivity contribution in [2.24, 2.45) is 0 Å². The molecule has 1 atom stereocenters. The number of hydrogen-bond acceptors (Lipinski definition) is 4. The van der Waals surface area contributed by atoms with Crippen LogP contribution in [0.5, 0.6) is 11.5 Å². The van der Waals surface area contributed by atoms with Crippen LogP contribution in [0, 0.1) is 0 Å². The Kier molecular flexibility index (Phi) is 6.17. The largest absolute Gasteiger partial charge is 0.497 e. The second-order valence-electron chi connectivity index (χ2n) is 9.79. The molecule has 1 N–H and O–H groups in total. The number of carbonyl (C=O) groups excluding carboxylic acids is 2. The summed E-state index contributed by atoms with van der Waals surface area (Å²) >= 11 is 0. The Bertz CT molecular complexity index is 1260. The number of ether oxygens (including phenoxy) is 2. The first-order valence-corrected chi connectivity index (χ1v) is 12.4. The number of aromatic nitrogens is 1. The van der Waals surface area contributed by atoms with Crippen LogP contribution in [0.4, 0.5) is 0 Å². The van der Waals surface area contributed by atoms with Crippen LogP contribution in [-0.2, 0) is 17.8 Å². The molecule has 0 saturated heterocycles. The molecular weight excluding hydrogens is 442 g/mol. The average Bonchev–Trinajstić information content (AvgIpc) is 3.51. The number of carbonyl (C=O) groups is 2. The Labute approximate surface area is 206 Å². The Balaban J connectivity index is 1.51. The predicted molar refractivity (Wildman–Crippen MR) is 135 cm³/mol. The SMILES string of the molecule is COc1ccc(OC)c(CCN2C(=O)c3cc4ccccc4n3C[C@]2(C)C(=O)NC2CCCC2)c1. The Morgan fingerprint density at radius 2 is 1.86 bits per heavy atom. The first-order valence-electron chi connectivity index (χ1n) is 12.4. The predicted octanol–water partition coefficient (Wildman–Crippen LogP) is 4.17. The lowest BCUT2D eigenvalue weighted by Gasteiger charge is -2.44. The summed E-state index contributed by atoms with van der Waals surface area (Å²) in [7, 11) is 3.26. The van der Waals surface area contributed by atoms with Gasteiger partial charge in [0.15, 0.2) is 0 Å². The van der Waals surface area contributed by atoms with Crippen LogP contribution in [0.15, 0.2) is 48.5 Å². The highest BCUT2D eigenvalue weighted by Crippen LogP contribution is 2.34. The van der Waals surface area contributed by atoms with Gasteiger partial charge in [-0.3, -0.25) is 9.59 Å². The van der Waals surface area contributed by atoms with E-state index in [0.717, 1.165) is 53.6 Å². The zero-order valence-corrected chi connectivity index (χ0v) is 20.7. The minimum atomic E-state index is -1.01. The summed E-state index contributed by atoms with van der Waals surface area (Å²) in [5, 5.41) is 4.26. The van der Waals surface area contributed by atoms with Gasteiger partial charge in [-0.15, -0.1) is 0 Å². The molecule has 5 rings (SSSR count). The van der Waals surface area contributed by atoms with Gasteiger partial charge in [-0.2, -0.15) is 0 Å². The number of nitrogens with one attached hydrogen (secondary N) is 1. The van der Waals surface area contributed by atoms with Crippen LogP contribution in [-0.4, -0.2) is 53.6 Å². The molecule has 35 heavy (non-hydrogen) atoms. The zero-order valence-electron chi connectivity index (χ0n) is 20.7. The highest BCUT2D eigenvalue weighted by Gasteiger charge is 2.48. The molecule has 1 saturated carbocycles. The molecule has 1 aliphatic carbocycles. The Morgan fingerprint density at radius 3 is 2.60 bits per heavy atom. The highest BCUT2D eigenvalue weighted by molar-refractivity contribution is 6.03. The summed E-state index contributed by atoms with van der Waals surface area (Å²) < 4.78 is 13.0. The van der Waals surface area contributed by atoms with E-state index in [2.05, 4.69) is 5.32 Å². The summed E-state index contributed by atoms with van der Waals surface area (Å²) in [5.74, 6) is 1.26. The minimum Gasteiger partial charge on any atom is -0.497 e. The molecule has 1 aliphatic heterocycles. The maximum absolute atomic E-state index is 13.9. The van der Waals surface area contributed by atoms with E-state index in [9.17, 15) is 9.59 Å². The Hall–Kier alpha value is -3.48. The molecule has 7 heteroatoms. The van der Waals surface area contributed by atoms with Crippen molar-refractivity contribution in [3.05, 3.63) is 59.8 Å². The van der Waals surface area contributed by atoms with E-state index in [1.165, 1.54) is 0 Å². The van der Waals surface area contributed by atoms with Gasteiger partial charge in [0.05, 0.1) is 20.8 Å². The van der Waals surface area contributed by atoms with Crippen molar-refractivity contribution >= 4 is 22.7 Å². The van der Waals surface area contributed by atoms with Crippen molar-refractivity contribution in [3.8, 4) is 11.5 Å². The van der Waals surface area contributed by atoms with E-state index in [4.69, 9.17) is 9.47 Å². The number of nitrogens with zero attached hydrogens (tertiary/aromatic N) is 2. The number of methoxy groups -OCH3 is 2.